The molecule has 0 aliphatic heterocycles. The van der Waals surface area contributed by atoms with Gasteiger partial charge < -0.3 is 4.74 Å². The third-order valence-corrected chi connectivity index (χ3v) is 7.10. The van der Waals surface area contributed by atoms with Crippen LogP contribution in [0.1, 0.15) is 102 Å². The minimum Gasteiger partial charge on any atom is -0.381 e. The molecule has 3 rings (SSSR count). The van der Waals surface area contributed by atoms with Gasteiger partial charge in [0.25, 0.3) is 20.2 Å². The lowest BCUT2D eigenvalue weighted by Gasteiger charge is -2.16. The van der Waals surface area contributed by atoms with Crippen molar-refractivity contribution in [2.24, 2.45) is 16.2 Å². The second-order valence-electron chi connectivity index (χ2n) is 15.4. The zero-order valence-corrected chi connectivity index (χ0v) is 36.6. The maximum absolute atomic E-state index is 12.3. The third kappa shape index (κ3) is 33.6. The first-order chi connectivity index (χ1) is 24.0. The number of pyridine rings is 1. The standard InChI is InChI=1S/C15H10Cl2O2.C7H16O.2C6H14O3S.C5H5N/c1-9(18)10-2-4-11(5-3-10)15(19)13-8-12(16)6-7-14(13)17;1-5-8-6-7(2,3)4;2*1-6(2,3)5-9-10(4,7)8;1-2-4-6-5-3-1/h2-8H,1H3;5-6H2,1-4H3;2*5H2,1-4H3;1-5H. The first-order valence-electron chi connectivity index (χ1n) is 16.7. The highest BCUT2D eigenvalue weighted by molar-refractivity contribution is 7.86. The van der Waals surface area contributed by atoms with Crippen LogP contribution in [0.2, 0.25) is 10.0 Å². The molecule has 0 amide bonds. The molecule has 0 fully saturated rings. The Bertz CT molecular complexity index is 1640. The fourth-order valence-electron chi connectivity index (χ4n) is 2.97. The number of carbonyl (C=O) groups excluding carboxylic acids is 2. The second-order valence-corrected chi connectivity index (χ2v) is 19.5. The lowest BCUT2D eigenvalue weighted by Crippen LogP contribution is -2.17. The van der Waals surface area contributed by atoms with Crippen LogP contribution in [0, 0.1) is 16.2 Å². The van der Waals surface area contributed by atoms with Crippen molar-refractivity contribution >= 4 is 55.0 Å². The van der Waals surface area contributed by atoms with Crippen LogP contribution in [0.4, 0.5) is 0 Å². The number of halogens is 2. The Balaban J connectivity index is 0. The van der Waals surface area contributed by atoms with E-state index in [1.807, 2.05) is 66.7 Å². The fourth-order valence-corrected chi connectivity index (χ4v) is 4.48. The van der Waals surface area contributed by atoms with Gasteiger partial charge in [-0.25, -0.2) is 0 Å². The van der Waals surface area contributed by atoms with Crippen molar-refractivity contribution in [1.82, 2.24) is 4.98 Å². The number of ketones is 2. The fraction of sp³-hybridized carbons (Fsp3) is 0.513. The molecule has 0 bridgehead atoms. The van der Waals surface area contributed by atoms with E-state index in [1.165, 1.54) is 13.0 Å². The van der Waals surface area contributed by atoms with Gasteiger partial charge in [0.1, 0.15) is 0 Å². The van der Waals surface area contributed by atoms with Crippen molar-refractivity contribution in [3.63, 3.8) is 0 Å². The zero-order valence-electron chi connectivity index (χ0n) is 33.5. The van der Waals surface area contributed by atoms with Crippen LogP contribution < -0.4 is 0 Å². The summed E-state index contributed by atoms with van der Waals surface area (Å²) in [5, 5.41) is 0.804. The molecule has 0 radical (unpaired) electrons. The summed E-state index contributed by atoms with van der Waals surface area (Å²) in [4.78, 5) is 27.2. The van der Waals surface area contributed by atoms with Crippen molar-refractivity contribution in [3.8, 4) is 0 Å². The highest BCUT2D eigenvalue weighted by Gasteiger charge is 2.15. The number of rotatable bonds is 9. The number of benzene rings is 2. The molecule has 1 aromatic heterocycles. The summed E-state index contributed by atoms with van der Waals surface area (Å²) < 4.78 is 56.2. The van der Waals surface area contributed by atoms with Gasteiger partial charge in [-0.3, -0.25) is 22.9 Å². The second kappa shape index (κ2) is 24.6. The number of aromatic nitrogens is 1. The number of Topliss-reactive ketones (excluding diaryl/α,β-unsaturated/α-hetero) is 1. The molecular formula is C39H59Cl2NO9S2. The van der Waals surface area contributed by atoms with Crippen LogP contribution in [-0.2, 0) is 33.3 Å². The topological polar surface area (TPSA) is 143 Å². The molecule has 3 aromatic rings. The SMILES string of the molecule is CC(=O)c1ccc(C(=O)c2cc(Cl)ccc2Cl)cc1.CC(C)(C)COS(C)(=O)=O.CC(C)(C)COS(C)(=O)=O.CCOCC(C)(C)C.c1ccncc1. The van der Waals surface area contributed by atoms with Crippen LogP contribution in [0.25, 0.3) is 0 Å². The van der Waals surface area contributed by atoms with Crippen molar-refractivity contribution in [3.05, 3.63) is 99.8 Å². The monoisotopic (exact) mass is 819 g/mol. The van der Waals surface area contributed by atoms with Crippen LogP contribution >= 0.6 is 23.2 Å². The molecular weight excluding hydrogens is 761 g/mol. The summed E-state index contributed by atoms with van der Waals surface area (Å²) in [6.45, 7) is 23.7. The van der Waals surface area contributed by atoms with E-state index in [2.05, 4.69) is 34.1 Å². The normalized spacial score (nSPS) is 11.5. The van der Waals surface area contributed by atoms with Crippen LogP contribution in [0.3, 0.4) is 0 Å². The molecule has 0 N–H and O–H groups in total. The summed E-state index contributed by atoms with van der Waals surface area (Å²) in [5.74, 6) is -0.262. The molecule has 2 aromatic carbocycles. The maximum atomic E-state index is 12.3. The molecule has 0 aliphatic rings. The van der Waals surface area contributed by atoms with Gasteiger partial charge in [-0.1, -0.05) is 116 Å². The number of hydrogen-bond acceptors (Lipinski definition) is 10. The molecule has 300 valence electrons. The molecule has 14 heteroatoms. The number of hydrogen-bond donors (Lipinski definition) is 0. The van der Waals surface area contributed by atoms with E-state index < -0.39 is 20.2 Å². The first-order valence-corrected chi connectivity index (χ1v) is 21.1. The van der Waals surface area contributed by atoms with E-state index in [-0.39, 0.29) is 35.6 Å². The van der Waals surface area contributed by atoms with E-state index >= 15 is 0 Å². The Morgan fingerprint density at radius 1 is 0.660 bits per heavy atom. The number of carbonyl (C=O) groups is 2. The van der Waals surface area contributed by atoms with Crippen molar-refractivity contribution < 1.29 is 39.5 Å². The van der Waals surface area contributed by atoms with Gasteiger partial charge in [0.2, 0.25) is 0 Å². The Morgan fingerprint density at radius 3 is 1.34 bits per heavy atom. The summed E-state index contributed by atoms with van der Waals surface area (Å²) >= 11 is 11.8. The predicted octanol–water partition coefficient (Wildman–Crippen LogP) is 9.60. The molecule has 0 saturated carbocycles. The Kier molecular flexibility index (Phi) is 24.4. The molecule has 1 heterocycles. The summed E-state index contributed by atoms with van der Waals surface area (Å²) in [6, 6.07) is 16.9. The predicted molar refractivity (Wildman–Crippen MR) is 217 cm³/mol. The molecule has 10 nitrogen and oxygen atoms in total. The number of nitrogens with zero attached hydrogens (tertiary/aromatic N) is 1. The minimum absolute atomic E-state index is 0.0419. The average Bonchev–Trinajstić information content (AvgIpc) is 3.03. The summed E-state index contributed by atoms with van der Waals surface area (Å²) in [7, 11) is -6.51. The molecule has 0 unspecified atom stereocenters. The first kappa shape index (κ1) is 52.4. The molecule has 0 atom stereocenters. The van der Waals surface area contributed by atoms with Crippen molar-refractivity contribution in [2.75, 3.05) is 38.9 Å². The van der Waals surface area contributed by atoms with E-state index in [0.29, 0.717) is 32.2 Å². The Hall–Kier alpha value is -2.71. The van der Waals surface area contributed by atoms with E-state index in [1.54, 1.807) is 48.8 Å². The molecule has 0 spiro atoms. The minimum atomic E-state index is -3.26. The van der Waals surface area contributed by atoms with Gasteiger partial charge in [-0.15, -0.1) is 0 Å². The van der Waals surface area contributed by atoms with Crippen LogP contribution in [0.15, 0.2) is 73.1 Å². The lowest BCUT2D eigenvalue weighted by atomic mass is 9.99. The Morgan fingerprint density at radius 2 is 1.08 bits per heavy atom. The van der Waals surface area contributed by atoms with E-state index in [4.69, 9.17) is 27.9 Å². The van der Waals surface area contributed by atoms with Gasteiger partial charge in [0.05, 0.1) is 37.4 Å². The van der Waals surface area contributed by atoms with Crippen molar-refractivity contribution in [1.29, 1.82) is 0 Å². The maximum Gasteiger partial charge on any atom is 0.264 e. The van der Waals surface area contributed by atoms with Crippen LogP contribution in [-0.4, -0.2) is 72.3 Å². The van der Waals surface area contributed by atoms with Gasteiger partial charge in [-0.2, -0.15) is 16.8 Å². The lowest BCUT2D eigenvalue weighted by molar-refractivity contribution is 0.0805. The largest absolute Gasteiger partial charge is 0.381 e. The van der Waals surface area contributed by atoms with Gasteiger partial charge >= 0.3 is 0 Å². The van der Waals surface area contributed by atoms with Gasteiger partial charge in [-0.05, 0) is 60.4 Å². The highest BCUT2D eigenvalue weighted by Crippen LogP contribution is 2.23. The highest BCUT2D eigenvalue weighted by atomic mass is 35.5. The molecule has 0 aliphatic carbocycles. The van der Waals surface area contributed by atoms with Crippen LogP contribution in [0.5, 0.6) is 0 Å². The average molecular weight is 821 g/mol. The number of ether oxygens (including phenoxy) is 1. The smallest absolute Gasteiger partial charge is 0.264 e. The third-order valence-electron chi connectivity index (χ3n) is 5.44. The molecule has 0 saturated heterocycles. The van der Waals surface area contributed by atoms with Crippen molar-refractivity contribution in [2.45, 2.75) is 76.2 Å². The summed E-state index contributed by atoms with van der Waals surface area (Å²) in [5.41, 5.74) is 1.52. The molecule has 53 heavy (non-hydrogen) atoms. The van der Waals surface area contributed by atoms with E-state index in [0.717, 1.165) is 25.7 Å². The zero-order chi connectivity index (χ0) is 41.7. The summed E-state index contributed by atoms with van der Waals surface area (Å²) in [6.07, 6.45) is 5.61. The quantitative estimate of drug-likeness (QED) is 0.151. The van der Waals surface area contributed by atoms with Gasteiger partial charge in [0, 0.05) is 40.7 Å². The Labute approximate surface area is 329 Å². The van der Waals surface area contributed by atoms with E-state index in [9.17, 15) is 26.4 Å². The van der Waals surface area contributed by atoms with Gasteiger partial charge in [0.15, 0.2) is 11.6 Å².